The molecule has 23 heavy (non-hydrogen) atoms. The highest BCUT2D eigenvalue weighted by Gasteiger charge is 2.26. The van der Waals surface area contributed by atoms with Gasteiger partial charge in [-0.25, -0.2) is 14.2 Å². The number of hydrogen-bond acceptors (Lipinski definition) is 5. The second kappa shape index (κ2) is 7.29. The van der Waals surface area contributed by atoms with Gasteiger partial charge in [0, 0.05) is 12.1 Å². The fraction of sp³-hybridized carbons (Fsp3) is 0.667. The van der Waals surface area contributed by atoms with Gasteiger partial charge in [-0.1, -0.05) is 0 Å². The summed E-state index contributed by atoms with van der Waals surface area (Å²) in [5.74, 6) is -0.454. The first kappa shape index (κ1) is 17.7. The lowest BCUT2D eigenvalue weighted by Gasteiger charge is -2.31. The number of nitrogens with one attached hydrogen (secondary N) is 2. The van der Waals surface area contributed by atoms with Crippen molar-refractivity contribution in [3.63, 3.8) is 0 Å². The molecule has 0 aliphatic heterocycles. The van der Waals surface area contributed by atoms with Crippen LogP contribution in [0, 0.1) is 5.82 Å². The zero-order chi connectivity index (χ0) is 17.0. The Morgan fingerprint density at radius 2 is 2.09 bits per heavy atom. The van der Waals surface area contributed by atoms with Gasteiger partial charge in [-0.2, -0.15) is 4.98 Å². The van der Waals surface area contributed by atoms with Gasteiger partial charge in [0.1, 0.15) is 5.60 Å². The second-order valence-electron chi connectivity index (χ2n) is 6.69. The fourth-order valence-electron chi connectivity index (χ4n) is 2.57. The van der Waals surface area contributed by atoms with E-state index in [9.17, 15) is 9.18 Å². The van der Waals surface area contributed by atoms with E-state index in [-0.39, 0.29) is 23.2 Å². The highest BCUT2D eigenvalue weighted by atomic mass is 35.5. The molecule has 1 aliphatic rings. The summed E-state index contributed by atoms with van der Waals surface area (Å²) in [6, 6.07) is -0.0133. The van der Waals surface area contributed by atoms with Crippen LogP contribution in [0.1, 0.15) is 46.5 Å². The Kier molecular flexibility index (Phi) is 5.62. The van der Waals surface area contributed by atoms with E-state index in [4.69, 9.17) is 16.3 Å². The molecule has 8 heteroatoms. The monoisotopic (exact) mass is 344 g/mol. The number of nitrogens with zero attached hydrogens (tertiary/aromatic N) is 2. The van der Waals surface area contributed by atoms with Crippen LogP contribution in [0.4, 0.5) is 15.0 Å². The average Bonchev–Trinajstić information content (AvgIpc) is 2.41. The van der Waals surface area contributed by atoms with Gasteiger partial charge in [-0.15, -0.1) is 0 Å². The van der Waals surface area contributed by atoms with E-state index >= 15 is 0 Å². The van der Waals surface area contributed by atoms with E-state index in [1.807, 2.05) is 20.8 Å². The Labute approximate surface area is 140 Å². The molecule has 1 fully saturated rings. The van der Waals surface area contributed by atoms with Crippen LogP contribution in [-0.2, 0) is 4.74 Å². The summed E-state index contributed by atoms with van der Waals surface area (Å²) in [6.07, 6.45) is 3.92. The zero-order valence-corrected chi connectivity index (χ0v) is 14.3. The summed E-state index contributed by atoms with van der Waals surface area (Å²) in [5, 5.41) is 5.90. The standard InChI is InChI=1S/C15H22ClFN4O2/c1-15(2,3)23-14(22)20-10-6-4-5-9(7-10)19-12-11(17)8-18-13(16)21-12/h8-10H,4-7H2,1-3H3,(H,20,22)(H,18,19,21). The number of rotatable bonds is 3. The fourth-order valence-corrected chi connectivity index (χ4v) is 2.70. The van der Waals surface area contributed by atoms with E-state index < -0.39 is 17.5 Å². The van der Waals surface area contributed by atoms with Gasteiger partial charge in [-0.05, 0) is 58.1 Å². The van der Waals surface area contributed by atoms with Crippen LogP contribution in [0.2, 0.25) is 5.28 Å². The molecule has 1 aliphatic carbocycles. The minimum absolute atomic E-state index is 0.00385. The first-order valence-corrected chi connectivity index (χ1v) is 8.05. The smallest absolute Gasteiger partial charge is 0.407 e. The molecule has 0 bridgehead atoms. The maximum Gasteiger partial charge on any atom is 0.407 e. The Morgan fingerprint density at radius 3 is 2.78 bits per heavy atom. The minimum atomic E-state index is -0.545. The molecule has 1 heterocycles. The van der Waals surface area contributed by atoms with Crippen molar-refractivity contribution >= 4 is 23.5 Å². The number of ether oxygens (including phenoxy) is 1. The third-order valence-corrected chi connectivity index (χ3v) is 3.63. The molecule has 2 unspecified atom stereocenters. The lowest BCUT2D eigenvalue weighted by atomic mass is 9.91. The summed E-state index contributed by atoms with van der Waals surface area (Å²) >= 11 is 5.69. The summed E-state index contributed by atoms with van der Waals surface area (Å²) < 4.78 is 18.9. The third-order valence-electron chi connectivity index (χ3n) is 3.45. The number of aromatic nitrogens is 2. The molecule has 2 rings (SSSR count). The molecule has 6 nitrogen and oxygen atoms in total. The van der Waals surface area contributed by atoms with Crippen LogP contribution in [0.3, 0.4) is 0 Å². The number of alkyl carbamates (subject to hydrolysis) is 1. The van der Waals surface area contributed by atoms with Crippen LogP contribution in [-0.4, -0.2) is 33.7 Å². The number of halogens is 2. The van der Waals surface area contributed by atoms with Gasteiger partial charge in [0.15, 0.2) is 11.6 Å². The molecule has 2 N–H and O–H groups in total. The van der Waals surface area contributed by atoms with Crippen molar-refractivity contribution in [3.8, 4) is 0 Å². The van der Waals surface area contributed by atoms with Crippen LogP contribution < -0.4 is 10.6 Å². The van der Waals surface area contributed by atoms with E-state index in [1.165, 1.54) is 0 Å². The van der Waals surface area contributed by atoms with Crippen molar-refractivity contribution < 1.29 is 13.9 Å². The predicted octanol–water partition coefficient (Wildman–Crippen LogP) is 3.52. The predicted molar refractivity (Wildman–Crippen MR) is 86.0 cm³/mol. The normalized spacial score (nSPS) is 21.6. The number of carbonyl (C=O) groups excluding carboxylic acids is 1. The summed E-state index contributed by atoms with van der Waals surface area (Å²) in [7, 11) is 0. The number of anilines is 1. The first-order chi connectivity index (χ1) is 10.7. The van der Waals surface area contributed by atoms with Crippen molar-refractivity contribution in [3.05, 3.63) is 17.3 Å². The highest BCUT2D eigenvalue weighted by molar-refractivity contribution is 6.28. The van der Waals surface area contributed by atoms with Crippen molar-refractivity contribution in [2.75, 3.05) is 5.32 Å². The van der Waals surface area contributed by atoms with Crippen molar-refractivity contribution in [2.45, 2.75) is 64.1 Å². The minimum Gasteiger partial charge on any atom is -0.444 e. The van der Waals surface area contributed by atoms with Gasteiger partial charge in [0.25, 0.3) is 0 Å². The van der Waals surface area contributed by atoms with Crippen LogP contribution in [0.5, 0.6) is 0 Å². The van der Waals surface area contributed by atoms with Crippen LogP contribution in [0.15, 0.2) is 6.20 Å². The van der Waals surface area contributed by atoms with Gasteiger partial charge in [0.2, 0.25) is 5.28 Å². The largest absolute Gasteiger partial charge is 0.444 e. The van der Waals surface area contributed by atoms with E-state index in [0.29, 0.717) is 6.42 Å². The molecule has 0 saturated heterocycles. The Hall–Kier alpha value is -1.63. The van der Waals surface area contributed by atoms with E-state index in [1.54, 1.807) is 0 Å². The van der Waals surface area contributed by atoms with Crippen molar-refractivity contribution in [1.29, 1.82) is 0 Å². The lowest BCUT2D eigenvalue weighted by Crippen LogP contribution is -2.44. The van der Waals surface area contributed by atoms with Gasteiger partial charge in [0.05, 0.1) is 6.20 Å². The first-order valence-electron chi connectivity index (χ1n) is 7.67. The molecular formula is C15H22ClFN4O2. The summed E-state index contributed by atoms with van der Waals surface area (Å²) in [6.45, 7) is 5.46. The van der Waals surface area contributed by atoms with Crippen LogP contribution in [0.25, 0.3) is 0 Å². The zero-order valence-electron chi connectivity index (χ0n) is 13.5. The molecule has 0 aromatic carbocycles. The molecule has 1 aromatic heterocycles. The number of hydrogen-bond donors (Lipinski definition) is 2. The van der Waals surface area contributed by atoms with Crippen LogP contribution >= 0.6 is 11.6 Å². The SMILES string of the molecule is CC(C)(C)OC(=O)NC1CCCC(Nc2nc(Cl)ncc2F)C1. The molecule has 0 radical (unpaired) electrons. The maximum atomic E-state index is 13.7. The average molecular weight is 345 g/mol. The molecule has 1 amide bonds. The van der Waals surface area contributed by atoms with Gasteiger partial charge < -0.3 is 15.4 Å². The van der Waals surface area contributed by atoms with E-state index in [0.717, 1.165) is 25.5 Å². The number of carbonyl (C=O) groups is 1. The molecule has 2 atom stereocenters. The quantitative estimate of drug-likeness (QED) is 0.820. The molecule has 1 aromatic rings. The third kappa shape index (κ3) is 5.82. The Bertz CT molecular complexity index is 565. The van der Waals surface area contributed by atoms with E-state index in [2.05, 4.69) is 20.6 Å². The lowest BCUT2D eigenvalue weighted by molar-refractivity contribution is 0.0492. The Morgan fingerprint density at radius 1 is 1.39 bits per heavy atom. The topological polar surface area (TPSA) is 76.1 Å². The number of amides is 1. The van der Waals surface area contributed by atoms with Gasteiger partial charge in [-0.3, -0.25) is 0 Å². The van der Waals surface area contributed by atoms with Crippen molar-refractivity contribution in [2.24, 2.45) is 0 Å². The highest BCUT2D eigenvalue weighted by Crippen LogP contribution is 2.23. The summed E-state index contributed by atoms with van der Waals surface area (Å²) in [5.41, 5.74) is -0.531. The molecule has 128 valence electrons. The van der Waals surface area contributed by atoms with Crippen molar-refractivity contribution in [1.82, 2.24) is 15.3 Å². The maximum absolute atomic E-state index is 13.7. The summed E-state index contributed by atoms with van der Waals surface area (Å²) in [4.78, 5) is 19.3. The van der Waals surface area contributed by atoms with Gasteiger partial charge >= 0.3 is 6.09 Å². The second-order valence-corrected chi connectivity index (χ2v) is 7.02. The Balaban J connectivity index is 1.90. The molecule has 0 spiro atoms. The molecule has 1 saturated carbocycles. The molecular weight excluding hydrogens is 323 g/mol.